The Labute approximate surface area is 125 Å². The van der Waals surface area contributed by atoms with Crippen LogP contribution in [-0.2, 0) is 6.54 Å². The highest BCUT2D eigenvalue weighted by Gasteiger charge is 2.06. The summed E-state index contributed by atoms with van der Waals surface area (Å²) < 4.78 is 6.39. The summed E-state index contributed by atoms with van der Waals surface area (Å²) in [5.41, 5.74) is 6.74. The number of nitrogens with zero attached hydrogens (tertiary/aromatic N) is 3. The summed E-state index contributed by atoms with van der Waals surface area (Å²) in [7, 11) is 0. The molecule has 106 valence electrons. The molecule has 3 N–H and O–H groups in total. The number of nitrogens with two attached hydrogens (primary N) is 1. The predicted molar refractivity (Wildman–Crippen MR) is 81.5 cm³/mol. The minimum absolute atomic E-state index is 0.140. The van der Waals surface area contributed by atoms with E-state index in [1.54, 1.807) is 0 Å². The number of ether oxygens (including phenoxy) is 1. The lowest BCUT2D eigenvalue weighted by Gasteiger charge is -2.08. The molecular formula is C13H16BrN5O. The zero-order valence-electron chi connectivity index (χ0n) is 11.1. The molecular weight excluding hydrogens is 322 g/mol. The van der Waals surface area contributed by atoms with Gasteiger partial charge >= 0.3 is 6.01 Å². The molecule has 2 aromatic rings. The zero-order chi connectivity index (χ0) is 14.4. The molecule has 1 heterocycles. The minimum Gasteiger partial charge on any atom is -0.463 e. The van der Waals surface area contributed by atoms with Crippen molar-refractivity contribution in [2.24, 2.45) is 0 Å². The van der Waals surface area contributed by atoms with E-state index >= 15 is 0 Å². The fourth-order valence-electron chi connectivity index (χ4n) is 1.53. The molecule has 6 nitrogen and oxygen atoms in total. The Kier molecular flexibility index (Phi) is 5.11. The van der Waals surface area contributed by atoms with Crippen LogP contribution in [0.2, 0.25) is 0 Å². The van der Waals surface area contributed by atoms with Crippen LogP contribution in [0.25, 0.3) is 0 Å². The van der Waals surface area contributed by atoms with Crippen molar-refractivity contribution < 1.29 is 4.74 Å². The van der Waals surface area contributed by atoms with Gasteiger partial charge in [-0.15, -0.1) is 0 Å². The second-order valence-corrected chi connectivity index (χ2v) is 4.95. The molecule has 2 rings (SSSR count). The highest BCUT2D eigenvalue weighted by Crippen LogP contribution is 2.17. The third kappa shape index (κ3) is 4.06. The van der Waals surface area contributed by atoms with Gasteiger partial charge in [-0.3, -0.25) is 0 Å². The van der Waals surface area contributed by atoms with Crippen LogP contribution in [0, 0.1) is 0 Å². The molecule has 0 amide bonds. The van der Waals surface area contributed by atoms with Gasteiger partial charge in [0.25, 0.3) is 0 Å². The van der Waals surface area contributed by atoms with Gasteiger partial charge in [0.1, 0.15) is 0 Å². The van der Waals surface area contributed by atoms with Crippen LogP contribution in [0.1, 0.15) is 18.9 Å². The molecule has 0 saturated carbocycles. The second kappa shape index (κ2) is 7.04. The van der Waals surface area contributed by atoms with Gasteiger partial charge in [-0.05, 0) is 18.1 Å². The van der Waals surface area contributed by atoms with Crippen molar-refractivity contribution in [2.75, 3.05) is 17.7 Å². The van der Waals surface area contributed by atoms with Crippen molar-refractivity contribution in [1.82, 2.24) is 15.0 Å². The van der Waals surface area contributed by atoms with Gasteiger partial charge in [-0.2, -0.15) is 15.0 Å². The lowest BCUT2D eigenvalue weighted by atomic mass is 10.2. The Hall–Kier alpha value is -1.89. The number of hydrogen-bond acceptors (Lipinski definition) is 6. The Bertz CT molecular complexity index is 578. The third-order valence-electron chi connectivity index (χ3n) is 2.46. The van der Waals surface area contributed by atoms with Gasteiger partial charge < -0.3 is 15.8 Å². The Morgan fingerprint density at radius 2 is 2.05 bits per heavy atom. The molecule has 0 radical (unpaired) electrons. The largest absolute Gasteiger partial charge is 0.463 e. The van der Waals surface area contributed by atoms with Gasteiger partial charge in [0.05, 0.1) is 6.61 Å². The van der Waals surface area contributed by atoms with Crippen LogP contribution in [0.4, 0.5) is 11.9 Å². The summed E-state index contributed by atoms with van der Waals surface area (Å²) in [6.45, 7) is 3.14. The maximum absolute atomic E-state index is 5.64. The summed E-state index contributed by atoms with van der Waals surface area (Å²) in [6, 6.07) is 8.17. The van der Waals surface area contributed by atoms with Gasteiger partial charge in [-0.1, -0.05) is 41.1 Å². The maximum atomic E-state index is 5.64. The second-order valence-electron chi connectivity index (χ2n) is 4.09. The van der Waals surface area contributed by atoms with E-state index in [1.165, 1.54) is 0 Å². The first kappa shape index (κ1) is 14.5. The first-order chi connectivity index (χ1) is 9.69. The van der Waals surface area contributed by atoms with Crippen molar-refractivity contribution in [2.45, 2.75) is 19.9 Å². The number of rotatable bonds is 6. The van der Waals surface area contributed by atoms with Crippen LogP contribution in [-0.4, -0.2) is 21.6 Å². The predicted octanol–water partition coefficient (Wildman–Crippen LogP) is 2.62. The number of benzene rings is 1. The third-order valence-corrected chi connectivity index (χ3v) is 3.24. The number of aromatic nitrogens is 3. The Morgan fingerprint density at radius 3 is 2.80 bits per heavy atom. The molecule has 0 saturated heterocycles. The highest BCUT2D eigenvalue weighted by atomic mass is 79.9. The fraction of sp³-hybridized carbons (Fsp3) is 0.308. The number of nitrogens with one attached hydrogen (secondary N) is 1. The van der Waals surface area contributed by atoms with E-state index in [0.29, 0.717) is 19.1 Å². The average Bonchev–Trinajstić information content (AvgIpc) is 2.44. The number of halogens is 1. The van der Waals surface area contributed by atoms with Crippen molar-refractivity contribution in [3.8, 4) is 6.01 Å². The van der Waals surface area contributed by atoms with Crippen molar-refractivity contribution in [3.05, 3.63) is 34.3 Å². The molecule has 7 heteroatoms. The van der Waals surface area contributed by atoms with Gasteiger partial charge in [0, 0.05) is 11.0 Å². The topological polar surface area (TPSA) is 86.0 Å². The summed E-state index contributed by atoms with van der Waals surface area (Å²) in [4.78, 5) is 12.1. The number of anilines is 2. The molecule has 20 heavy (non-hydrogen) atoms. The van der Waals surface area contributed by atoms with Gasteiger partial charge in [0.2, 0.25) is 11.9 Å². The van der Waals surface area contributed by atoms with Crippen molar-refractivity contribution in [1.29, 1.82) is 0 Å². The van der Waals surface area contributed by atoms with Crippen molar-refractivity contribution in [3.63, 3.8) is 0 Å². The van der Waals surface area contributed by atoms with E-state index in [1.807, 2.05) is 31.2 Å². The fourth-order valence-corrected chi connectivity index (χ4v) is 1.95. The van der Waals surface area contributed by atoms with Crippen LogP contribution in [0.3, 0.4) is 0 Å². The molecule has 0 unspecified atom stereocenters. The van der Waals surface area contributed by atoms with E-state index in [9.17, 15) is 0 Å². The monoisotopic (exact) mass is 337 g/mol. The standard InChI is InChI=1S/C13H16BrN5O/c1-2-7-20-13-18-11(15)17-12(19-13)16-8-9-5-3-4-6-10(9)14/h3-6H,2,7-8H2,1H3,(H3,15,16,17,18,19). The normalized spacial score (nSPS) is 10.3. The van der Waals surface area contributed by atoms with Gasteiger partial charge in [-0.25, -0.2) is 0 Å². The lowest BCUT2D eigenvalue weighted by molar-refractivity contribution is 0.292. The molecule has 0 bridgehead atoms. The Morgan fingerprint density at radius 1 is 1.25 bits per heavy atom. The van der Waals surface area contributed by atoms with Crippen LogP contribution < -0.4 is 15.8 Å². The molecule has 1 aromatic heterocycles. The first-order valence-electron chi connectivity index (χ1n) is 6.30. The first-order valence-corrected chi connectivity index (χ1v) is 7.10. The Balaban J connectivity index is 2.05. The minimum atomic E-state index is 0.140. The number of hydrogen-bond donors (Lipinski definition) is 2. The van der Waals surface area contributed by atoms with E-state index in [4.69, 9.17) is 10.5 Å². The SMILES string of the molecule is CCCOc1nc(N)nc(NCc2ccccc2Br)n1. The van der Waals surface area contributed by atoms with E-state index < -0.39 is 0 Å². The zero-order valence-corrected chi connectivity index (χ0v) is 12.7. The maximum Gasteiger partial charge on any atom is 0.323 e. The molecule has 0 atom stereocenters. The van der Waals surface area contributed by atoms with E-state index in [2.05, 4.69) is 36.2 Å². The van der Waals surface area contributed by atoms with E-state index in [0.717, 1.165) is 16.5 Å². The summed E-state index contributed by atoms with van der Waals surface area (Å²) in [6.07, 6.45) is 0.880. The molecule has 0 aliphatic heterocycles. The molecule has 1 aromatic carbocycles. The molecule has 0 aliphatic carbocycles. The van der Waals surface area contributed by atoms with Gasteiger partial charge in [0.15, 0.2) is 0 Å². The molecule has 0 aliphatic rings. The molecule has 0 spiro atoms. The quantitative estimate of drug-likeness (QED) is 0.842. The van der Waals surface area contributed by atoms with Crippen LogP contribution in [0.15, 0.2) is 28.7 Å². The lowest BCUT2D eigenvalue weighted by Crippen LogP contribution is -2.09. The summed E-state index contributed by atoms with van der Waals surface area (Å²) in [5.74, 6) is 0.542. The smallest absolute Gasteiger partial charge is 0.323 e. The summed E-state index contributed by atoms with van der Waals surface area (Å²) in [5, 5.41) is 3.11. The average molecular weight is 338 g/mol. The van der Waals surface area contributed by atoms with Crippen LogP contribution >= 0.6 is 15.9 Å². The molecule has 0 fully saturated rings. The highest BCUT2D eigenvalue weighted by molar-refractivity contribution is 9.10. The number of nitrogen functional groups attached to an aromatic ring is 1. The van der Waals surface area contributed by atoms with Crippen molar-refractivity contribution >= 4 is 27.8 Å². The van der Waals surface area contributed by atoms with Crippen LogP contribution in [0.5, 0.6) is 6.01 Å². The van der Waals surface area contributed by atoms with E-state index in [-0.39, 0.29) is 12.0 Å². The summed E-state index contributed by atoms with van der Waals surface area (Å²) >= 11 is 3.49.